The Morgan fingerprint density at radius 2 is 1.73 bits per heavy atom. The van der Waals surface area contributed by atoms with Gasteiger partial charge in [-0.3, -0.25) is 9.59 Å². The molecule has 0 spiro atoms. The van der Waals surface area contributed by atoms with Crippen LogP contribution >= 0.6 is 0 Å². The molecule has 1 aliphatic rings. The van der Waals surface area contributed by atoms with Gasteiger partial charge in [-0.25, -0.2) is 4.79 Å². The first-order valence-corrected chi connectivity index (χ1v) is 16.5. The number of aliphatic hydroxyl groups is 1. The van der Waals surface area contributed by atoms with E-state index < -0.39 is 12.1 Å². The number of urea groups is 1. The molecule has 0 unspecified atom stereocenters. The van der Waals surface area contributed by atoms with Gasteiger partial charge in [-0.1, -0.05) is 25.1 Å². The fourth-order valence-corrected chi connectivity index (χ4v) is 5.50. The minimum absolute atomic E-state index is 0.185. The van der Waals surface area contributed by atoms with Crippen LogP contribution in [0.1, 0.15) is 60.7 Å². The predicted molar refractivity (Wildman–Crippen MR) is 186 cm³/mol. The number of anilines is 2. The Morgan fingerprint density at radius 3 is 2.42 bits per heavy atom. The molecule has 3 aromatic rings. The zero-order chi connectivity index (χ0) is 34.6. The normalized spacial score (nSPS) is 19.6. The van der Waals surface area contributed by atoms with Crippen molar-refractivity contribution in [2.24, 2.45) is 5.92 Å². The molecule has 0 fully saturated rings. The third kappa shape index (κ3) is 9.95. The van der Waals surface area contributed by atoms with Crippen molar-refractivity contribution in [2.75, 3.05) is 51.1 Å². The van der Waals surface area contributed by atoms with Crippen molar-refractivity contribution in [3.05, 3.63) is 83.9 Å². The zero-order valence-electron chi connectivity index (χ0n) is 28.5. The summed E-state index contributed by atoms with van der Waals surface area (Å²) < 4.78 is 17.9. The van der Waals surface area contributed by atoms with E-state index in [1.807, 2.05) is 19.9 Å². The third-order valence-electron chi connectivity index (χ3n) is 8.49. The summed E-state index contributed by atoms with van der Waals surface area (Å²) in [4.78, 5) is 43.6. The number of rotatable bonds is 8. The summed E-state index contributed by atoms with van der Waals surface area (Å²) in [5, 5.41) is 16.0. The fraction of sp³-hybridized carbons (Fsp3) is 0.432. The van der Waals surface area contributed by atoms with Gasteiger partial charge in [0.2, 0.25) is 0 Å². The smallest absolute Gasteiger partial charge is 0.321 e. The molecule has 3 aromatic carbocycles. The summed E-state index contributed by atoms with van der Waals surface area (Å²) in [6, 6.07) is 20.2. The molecule has 0 saturated carbocycles. The maximum atomic E-state index is 14.4. The number of amides is 4. The van der Waals surface area contributed by atoms with E-state index in [1.165, 1.54) is 0 Å². The lowest BCUT2D eigenvalue weighted by Gasteiger charge is -2.35. The van der Waals surface area contributed by atoms with E-state index in [0.717, 1.165) is 19.3 Å². The lowest BCUT2D eigenvalue weighted by Crippen LogP contribution is -2.48. The first-order chi connectivity index (χ1) is 23.1. The Hall–Kier alpha value is -4.61. The molecule has 0 saturated heterocycles. The molecule has 0 radical (unpaired) electrons. The molecule has 0 aliphatic carbocycles. The van der Waals surface area contributed by atoms with Crippen LogP contribution in [0.5, 0.6) is 11.5 Å². The largest absolute Gasteiger partial charge is 0.497 e. The second-order valence-electron chi connectivity index (χ2n) is 12.4. The Bertz CT molecular complexity index is 1500. The molecule has 1 aliphatic heterocycles. The maximum Gasteiger partial charge on any atom is 0.321 e. The lowest BCUT2D eigenvalue weighted by molar-refractivity contribution is -0.0115. The number of hydrogen-bond donors (Lipinski definition) is 3. The number of nitrogens with one attached hydrogen (secondary N) is 2. The van der Waals surface area contributed by atoms with Crippen LogP contribution in [0, 0.1) is 5.92 Å². The van der Waals surface area contributed by atoms with Gasteiger partial charge in [0, 0.05) is 49.6 Å². The summed E-state index contributed by atoms with van der Waals surface area (Å²) in [5.74, 6) is 0.241. The van der Waals surface area contributed by atoms with E-state index in [2.05, 4.69) is 10.6 Å². The Balaban J connectivity index is 1.58. The van der Waals surface area contributed by atoms with Crippen molar-refractivity contribution in [1.29, 1.82) is 0 Å². The van der Waals surface area contributed by atoms with Gasteiger partial charge in [-0.15, -0.1) is 0 Å². The van der Waals surface area contributed by atoms with Gasteiger partial charge in [0.1, 0.15) is 11.5 Å². The fourth-order valence-electron chi connectivity index (χ4n) is 5.50. The third-order valence-corrected chi connectivity index (χ3v) is 8.49. The highest BCUT2D eigenvalue weighted by Gasteiger charge is 2.31. The highest BCUT2D eigenvalue weighted by atomic mass is 16.5. The molecule has 1 heterocycles. The lowest BCUT2D eigenvalue weighted by atomic mass is 10.0. The van der Waals surface area contributed by atoms with Gasteiger partial charge in [-0.05, 0) is 87.7 Å². The molecular weight excluding hydrogens is 612 g/mol. The van der Waals surface area contributed by atoms with E-state index in [9.17, 15) is 19.5 Å². The topological polar surface area (TPSA) is 130 Å². The van der Waals surface area contributed by atoms with Crippen LogP contribution < -0.4 is 20.1 Å². The molecule has 3 N–H and O–H groups in total. The summed E-state index contributed by atoms with van der Waals surface area (Å²) in [6.07, 6.45) is 1.80. The Kier molecular flexibility index (Phi) is 13.2. The van der Waals surface area contributed by atoms with Gasteiger partial charge in [-0.2, -0.15) is 0 Å². The second-order valence-corrected chi connectivity index (χ2v) is 12.4. The van der Waals surface area contributed by atoms with E-state index in [-0.39, 0.29) is 55.1 Å². The molecule has 11 heteroatoms. The van der Waals surface area contributed by atoms with Gasteiger partial charge in [0.05, 0.1) is 37.5 Å². The number of likely N-dealkylation sites (N-methyl/N-ethyl adjacent to an activating group) is 1. The van der Waals surface area contributed by atoms with Gasteiger partial charge < -0.3 is 39.8 Å². The van der Waals surface area contributed by atoms with Crippen molar-refractivity contribution in [3.63, 3.8) is 0 Å². The van der Waals surface area contributed by atoms with Crippen LogP contribution in [0.3, 0.4) is 0 Å². The Labute approximate surface area is 283 Å². The highest BCUT2D eigenvalue weighted by molar-refractivity contribution is 6.05. The number of nitrogens with zero attached hydrogens (tertiary/aromatic N) is 2. The predicted octanol–water partition coefficient (Wildman–Crippen LogP) is 5.91. The van der Waals surface area contributed by atoms with Gasteiger partial charge >= 0.3 is 6.03 Å². The number of benzene rings is 3. The van der Waals surface area contributed by atoms with Crippen LogP contribution in [0.4, 0.5) is 16.2 Å². The highest BCUT2D eigenvalue weighted by Crippen LogP contribution is 2.29. The van der Waals surface area contributed by atoms with Crippen molar-refractivity contribution in [2.45, 2.75) is 58.3 Å². The molecule has 11 nitrogen and oxygen atoms in total. The first kappa shape index (κ1) is 36.2. The first-order valence-electron chi connectivity index (χ1n) is 16.5. The molecule has 258 valence electrons. The SMILES string of the molecule is COc1ccc(NC(=O)N(C)C[C@H]2OCCCC[C@H](C)Oc3ccc(NC(=O)c4ccccc4)cc3C(=O)N([C@@H](C)CO)C[C@H]2C)cc1. The van der Waals surface area contributed by atoms with Crippen molar-refractivity contribution >= 4 is 29.2 Å². The average molecular weight is 661 g/mol. The number of carbonyl (C=O) groups is 3. The molecule has 4 atom stereocenters. The van der Waals surface area contributed by atoms with Crippen LogP contribution in [0.15, 0.2) is 72.8 Å². The Morgan fingerprint density at radius 1 is 1.02 bits per heavy atom. The molecular formula is C37H48N4O7. The van der Waals surface area contributed by atoms with Crippen LogP contribution in [-0.4, -0.2) is 91.5 Å². The number of fused-ring (bicyclic) bond motifs is 1. The molecule has 4 rings (SSSR count). The van der Waals surface area contributed by atoms with Gasteiger partial charge in [0.15, 0.2) is 0 Å². The standard InChI is InChI=1S/C37H48N4O7/c1-25-22-41(26(2)24-42)36(44)32-21-30(38-35(43)28-12-7-6-8-13-28)16-19-33(32)48-27(3)11-9-10-20-47-34(25)23-40(4)37(45)39-29-14-17-31(46-5)18-15-29/h6-8,12-19,21,25-27,34,42H,9-11,20,22-24H2,1-5H3,(H,38,43)(H,39,45)/t25-,26+,27+,34-/m1/s1. The monoisotopic (exact) mass is 660 g/mol. The van der Waals surface area contributed by atoms with E-state index in [0.29, 0.717) is 35.0 Å². The van der Waals surface area contributed by atoms with Crippen LogP contribution in [0.25, 0.3) is 0 Å². The molecule has 0 bridgehead atoms. The number of ether oxygens (including phenoxy) is 3. The molecule has 48 heavy (non-hydrogen) atoms. The van der Waals surface area contributed by atoms with Crippen molar-refractivity contribution in [3.8, 4) is 11.5 Å². The van der Waals surface area contributed by atoms with Crippen molar-refractivity contribution < 1.29 is 33.7 Å². The number of hydrogen-bond acceptors (Lipinski definition) is 7. The van der Waals surface area contributed by atoms with Gasteiger partial charge in [0.25, 0.3) is 11.8 Å². The van der Waals surface area contributed by atoms with Crippen LogP contribution in [-0.2, 0) is 4.74 Å². The summed E-state index contributed by atoms with van der Waals surface area (Å²) in [7, 11) is 3.29. The average Bonchev–Trinajstić information content (AvgIpc) is 3.10. The molecule has 4 amide bonds. The summed E-state index contributed by atoms with van der Waals surface area (Å²) >= 11 is 0. The van der Waals surface area contributed by atoms with E-state index in [1.54, 1.807) is 97.6 Å². The maximum absolute atomic E-state index is 14.4. The van der Waals surface area contributed by atoms with E-state index >= 15 is 0 Å². The minimum Gasteiger partial charge on any atom is -0.497 e. The quantitative estimate of drug-likeness (QED) is 0.274. The number of aliphatic hydroxyl groups excluding tert-OH is 1. The summed E-state index contributed by atoms with van der Waals surface area (Å²) in [6.45, 7) is 6.47. The van der Waals surface area contributed by atoms with Crippen LogP contribution in [0.2, 0.25) is 0 Å². The second kappa shape index (κ2) is 17.5. The zero-order valence-corrected chi connectivity index (χ0v) is 28.5. The van der Waals surface area contributed by atoms with Crippen molar-refractivity contribution in [1.82, 2.24) is 9.80 Å². The number of carbonyl (C=O) groups excluding carboxylic acids is 3. The van der Waals surface area contributed by atoms with E-state index in [4.69, 9.17) is 14.2 Å². The minimum atomic E-state index is -0.530. The molecule has 0 aromatic heterocycles. The summed E-state index contributed by atoms with van der Waals surface area (Å²) in [5.41, 5.74) is 1.86. The number of methoxy groups -OCH3 is 1.